The molecule has 1 N–H and O–H groups in total. The average molecular weight is 221 g/mol. The number of anilines is 2. The molecule has 2 rings (SSSR count). The summed E-state index contributed by atoms with van der Waals surface area (Å²) < 4.78 is 0. The number of nitrogens with zero attached hydrogens (tertiary/aromatic N) is 2. The van der Waals surface area contributed by atoms with Crippen LogP contribution in [0.15, 0.2) is 24.3 Å². The summed E-state index contributed by atoms with van der Waals surface area (Å²) in [5, 5.41) is 0. The van der Waals surface area contributed by atoms with Gasteiger partial charge in [-0.3, -0.25) is 10.3 Å². The van der Waals surface area contributed by atoms with Crippen molar-refractivity contribution in [2.75, 3.05) is 50.7 Å². The topological polar surface area (TPSA) is 27.7 Å². The lowest BCUT2D eigenvalue weighted by Gasteiger charge is -2.34. The van der Waals surface area contributed by atoms with E-state index in [2.05, 4.69) is 34.5 Å². The van der Waals surface area contributed by atoms with Gasteiger partial charge in [-0.2, -0.15) is 0 Å². The van der Waals surface area contributed by atoms with Crippen molar-refractivity contribution in [2.24, 2.45) is 0 Å². The van der Waals surface area contributed by atoms with Crippen molar-refractivity contribution >= 4 is 11.4 Å². The Bertz CT molecular complexity index is 318. The molecular weight excluding hydrogens is 202 g/mol. The van der Waals surface area contributed by atoms with Crippen LogP contribution in [0, 0.1) is 0 Å². The van der Waals surface area contributed by atoms with Gasteiger partial charge in [0.25, 0.3) is 0 Å². The molecule has 0 atom stereocenters. The molecule has 0 radical (unpaired) electrons. The molecule has 1 saturated heterocycles. The Morgan fingerprint density at radius 1 is 1.06 bits per heavy atom. The average Bonchev–Trinajstić information content (AvgIpc) is 2.32. The van der Waals surface area contributed by atoms with Gasteiger partial charge in [0.05, 0.1) is 12.8 Å². The van der Waals surface area contributed by atoms with Crippen molar-refractivity contribution in [3.05, 3.63) is 24.3 Å². The fourth-order valence-electron chi connectivity index (χ4n) is 1.92. The normalized spacial score (nSPS) is 17.5. The molecule has 0 unspecified atom stereocenters. The molecule has 1 aromatic carbocycles. The predicted octanol–water partition coefficient (Wildman–Crippen LogP) is 1.41. The second-order valence-corrected chi connectivity index (χ2v) is 4.14. The lowest BCUT2D eigenvalue weighted by atomic mass is 10.2. The Hall–Kier alpha value is -1.26. The number of benzene rings is 1. The van der Waals surface area contributed by atoms with Crippen molar-refractivity contribution in [3.63, 3.8) is 0 Å². The van der Waals surface area contributed by atoms with Gasteiger partial charge in [-0.05, 0) is 31.3 Å². The molecule has 1 aliphatic heterocycles. The smallest absolute Gasteiger partial charge is 0.0636 e. The summed E-state index contributed by atoms with van der Waals surface area (Å²) in [5.41, 5.74) is 5.09. The molecule has 0 amide bonds. The van der Waals surface area contributed by atoms with E-state index >= 15 is 0 Å². The van der Waals surface area contributed by atoms with Crippen LogP contribution in [0.4, 0.5) is 11.4 Å². The lowest BCUT2D eigenvalue weighted by molar-refractivity contribution is 0.271. The van der Waals surface area contributed by atoms with E-state index < -0.39 is 0 Å². The number of piperazine rings is 1. The van der Waals surface area contributed by atoms with Gasteiger partial charge in [-0.15, -0.1) is 0 Å². The molecule has 1 heterocycles. The molecule has 0 saturated carbocycles. The summed E-state index contributed by atoms with van der Waals surface area (Å²) in [5.74, 6) is 0. The molecular formula is C12H19N3O. The van der Waals surface area contributed by atoms with Crippen LogP contribution in [0.2, 0.25) is 0 Å². The van der Waals surface area contributed by atoms with E-state index in [-0.39, 0.29) is 0 Å². The monoisotopic (exact) mass is 221 g/mol. The van der Waals surface area contributed by atoms with Crippen LogP contribution in [0.3, 0.4) is 0 Å². The lowest BCUT2D eigenvalue weighted by Crippen LogP contribution is -2.44. The molecule has 1 aromatic rings. The van der Waals surface area contributed by atoms with Crippen molar-refractivity contribution in [3.8, 4) is 0 Å². The van der Waals surface area contributed by atoms with Crippen LogP contribution in [0.1, 0.15) is 0 Å². The van der Waals surface area contributed by atoms with Gasteiger partial charge >= 0.3 is 0 Å². The Labute approximate surface area is 96.8 Å². The standard InChI is InChI=1S/C12H19N3O/c1-14-7-9-15(10-8-14)12-5-3-11(4-6-12)13-16-2/h3-6,13H,7-10H2,1-2H3. The maximum atomic E-state index is 4.86. The third-order valence-corrected chi connectivity index (χ3v) is 2.96. The molecule has 0 bridgehead atoms. The van der Waals surface area contributed by atoms with Crippen LogP contribution < -0.4 is 10.4 Å². The fraction of sp³-hybridized carbons (Fsp3) is 0.500. The highest BCUT2D eigenvalue weighted by atomic mass is 16.6. The van der Waals surface area contributed by atoms with Gasteiger partial charge < -0.3 is 9.80 Å². The number of hydrogen-bond acceptors (Lipinski definition) is 4. The molecule has 0 spiro atoms. The Balaban J connectivity index is 1.98. The fourth-order valence-corrected chi connectivity index (χ4v) is 1.92. The highest BCUT2D eigenvalue weighted by molar-refractivity contribution is 5.54. The molecule has 0 aliphatic carbocycles. The van der Waals surface area contributed by atoms with Gasteiger partial charge in [0, 0.05) is 31.9 Å². The highest BCUT2D eigenvalue weighted by Crippen LogP contribution is 2.19. The number of hydrogen-bond donors (Lipinski definition) is 1. The van der Waals surface area contributed by atoms with E-state index in [0.29, 0.717) is 0 Å². The molecule has 4 heteroatoms. The highest BCUT2D eigenvalue weighted by Gasteiger charge is 2.13. The maximum absolute atomic E-state index is 4.86. The molecule has 88 valence electrons. The number of nitrogens with one attached hydrogen (secondary N) is 1. The second-order valence-electron chi connectivity index (χ2n) is 4.14. The molecule has 1 aliphatic rings. The summed E-state index contributed by atoms with van der Waals surface area (Å²) in [7, 11) is 3.79. The first-order chi connectivity index (χ1) is 7.79. The summed E-state index contributed by atoms with van der Waals surface area (Å²) in [6, 6.07) is 8.34. The van der Waals surface area contributed by atoms with Crippen molar-refractivity contribution < 1.29 is 4.84 Å². The SMILES string of the molecule is CONc1ccc(N2CCN(C)CC2)cc1. The van der Waals surface area contributed by atoms with Gasteiger partial charge in [-0.1, -0.05) is 0 Å². The van der Waals surface area contributed by atoms with Crippen LogP contribution in [-0.2, 0) is 4.84 Å². The first-order valence-corrected chi connectivity index (χ1v) is 5.62. The van der Waals surface area contributed by atoms with Crippen molar-refractivity contribution in [1.82, 2.24) is 4.90 Å². The van der Waals surface area contributed by atoms with E-state index in [0.717, 1.165) is 31.9 Å². The summed E-state index contributed by atoms with van der Waals surface area (Å²) in [6.45, 7) is 4.48. The van der Waals surface area contributed by atoms with Gasteiger partial charge in [0.15, 0.2) is 0 Å². The Morgan fingerprint density at radius 3 is 2.25 bits per heavy atom. The quantitative estimate of drug-likeness (QED) is 0.781. The minimum atomic E-state index is 0.986. The summed E-state index contributed by atoms with van der Waals surface area (Å²) in [6.07, 6.45) is 0. The molecule has 1 fully saturated rings. The summed E-state index contributed by atoms with van der Waals surface area (Å²) >= 11 is 0. The largest absolute Gasteiger partial charge is 0.369 e. The predicted molar refractivity (Wildman–Crippen MR) is 66.8 cm³/mol. The van der Waals surface area contributed by atoms with Crippen molar-refractivity contribution in [1.29, 1.82) is 0 Å². The minimum absolute atomic E-state index is 0.986. The third-order valence-electron chi connectivity index (χ3n) is 2.96. The molecule has 0 aromatic heterocycles. The summed E-state index contributed by atoms with van der Waals surface area (Å²) in [4.78, 5) is 9.63. The molecule has 4 nitrogen and oxygen atoms in total. The van der Waals surface area contributed by atoms with Gasteiger partial charge in [0.2, 0.25) is 0 Å². The van der Waals surface area contributed by atoms with Crippen molar-refractivity contribution in [2.45, 2.75) is 0 Å². The van der Waals surface area contributed by atoms with Crippen LogP contribution in [0.25, 0.3) is 0 Å². The van der Waals surface area contributed by atoms with E-state index in [1.54, 1.807) is 7.11 Å². The third kappa shape index (κ3) is 2.65. The number of likely N-dealkylation sites (N-methyl/N-ethyl adjacent to an activating group) is 1. The van der Waals surface area contributed by atoms with Gasteiger partial charge in [-0.25, -0.2) is 0 Å². The second kappa shape index (κ2) is 5.18. The van der Waals surface area contributed by atoms with Gasteiger partial charge in [0.1, 0.15) is 0 Å². The van der Waals surface area contributed by atoms with Crippen LogP contribution in [-0.4, -0.2) is 45.2 Å². The first kappa shape index (κ1) is 11.2. The first-order valence-electron chi connectivity index (χ1n) is 5.62. The minimum Gasteiger partial charge on any atom is -0.369 e. The van der Waals surface area contributed by atoms with Crippen LogP contribution >= 0.6 is 0 Å². The van der Waals surface area contributed by atoms with E-state index in [9.17, 15) is 0 Å². The Morgan fingerprint density at radius 2 is 1.69 bits per heavy atom. The van der Waals surface area contributed by atoms with Crippen LogP contribution in [0.5, 0.6) is 0 Å². The Kier molecular flexibility index (Phi) is 3.64. The van der Waals surface area contributed by atoms with E-state index in [4.69, 9.17) is 4.84 Å². The molecule has 16 heavy (non-hydrogen) atoms. The zero-order valence-electron chi connectivity index (χ0n) is 9.94. The zero-order chi connectivity index (χ0) is 11.4. The van der Waals surface area contributed by atoms with E-state index in [1.165, 1.54) is 5.69 Å². The number of rotatable bonds is 3. The zero-order valence-corrected chi connectivity index (χ0v) is 9.94. The van der Waals surface area contributed by atoms with E-state index in [1.807, 2.05) is 12.1 Å². The maximum Gasteiger partial charge on any atom is 0.0636 e.